The minimum atomic E-state index is 0.463. The maximum Gasteiger partial charge on any atom is 0.137 e. The van der Waals surface area contributed by atoms with E-state index in [-0.39, 0.29) is 0 Å². The van der Waals surface area contributed by atoms with E-state index in [0.717, 1.165) is 15.6 Å². The summed E-state index contributed by atoms with van der Waals surface area (Å²) in [6.07, 6.45) is 0. The first-order valence-electron chi connectivity index (χ1n) is 5.57. The Morgan fingerprint density at radius 2 is 1.89 bits per heavy atom. The lowest BCUT2D eigenvalue weighted by Gasteiger charge is -2.08. The molecule has 0 aromatic heterocycles. The van der Waals surface area contributed by atoms with Crippen molar-refractivity contribution in [1.29, 1.82) is 5.26 Å². The summed E-state index contributed by atoms with van der Waals surface area (Å²) >= 11 is 3.39. The highest BCUT2D eigenvalue weighted by Gasteiger charge is 2.03. The van der Waals surface area contributed by atoms with Gasteiger partial charge in [0.2, 0.25) is 0 Å². The van der Waals surface area contributed by atoms with Gasteiger partial charge in [-0.3, -0.25) is 0 Å². The highest BCUT2D eigenvalue weighted by molar-refractivity contribution is 9.10. The molecular weight excluding hydrogens is 290 g/mol. The molecule has 3 heteroatoms. The molecule has 0 fully saturated rings. The van der Waals surface area contributed by atoms with Crippen molar-refractivity contribution in [3.05, 3.63) is 63.6 Å². The number of hydrogen-bond donors (Lipinski definition) is 0. The van der Waals surface area contributed by atoms with E-state index in [1.165, 1.54) is 0 Å². The van der Waals surface area contributed by atoms with Crippen LogP contribution in [0.2, 0.25) is 0 Å². The van der Waals surface area contributed by atoms with E-state index < -0.39 is 0 Å². The summed E-state index contributed by atoms with van der Waals surface area (Å²) < 4.78 is 6.71. The molecule has 0 atom stereocenters. The number of ether oxygens (including phenoxy) is 1. The van der Waals surface area contributed by atoms with Crippen LogP contribution in [0.25, 0.3) is 0 Å². The Bertz CT molecular complexity index is 584. The lowest BCUT2D eigenvalue weighted by Crippen LogP contribution is -1.97. The van der Waals surface area contributed by atoms with Crippen molar-refractivity contribution in [2.24, 2.45) is 0 Å². The molecule has 0 spiro atoms. The highest BCUT2D eigenvalue weighted by Crippen LogP contribution is 2.20. The third-order valence-corrected chi connectivity index (χ3v) is 3.09. The molecule has 0 saturated carbocycles. The van der Waals surface area contributed by atoms with Gasteiger partial charge < -0.3 is 4.74 Å². The number of rotatable bonds is 3. The molecule has 0 amide bonds. The maximum absolute atomic E-state index is 9.04. The van der Waals surface area contributed by atoms with Crippen molar-refractivity contribution in [3.63, 3.8) is 0 Å². The molecule has 2 rings (SSSR count). The van der Waals surface area contributed by atoms with Gasteiger partial charge in [-0.05, 0) is 42.3 Å². The van der Waals surface area contributed by atoms with Gasteiger partial charge in [0, 0.05) is 4.47 Å². The second-order valence-electron chi connectivity index (χ2n) is 4.03. The third-order valence-electron chi connectivity index (χ3n) is 2.56. The van der Waals surface area contributed by atoms with Crippen LogP contribution < -0.4 is 4.74 Å². The molecular formula is C15H12BrNO. The molecule has 18 heavy (non-hydrogen) atoms. The van der Waals surface area contributed by atoms with Crippen molar-refractivity contribution < 1.29 is 4.74 Å². The van der Waals surface area contributed by atoms with Crippen LogP contribution in [0.1, 0.15) is 16.7 Å². The molecule has 0 N–H and O–H groups in total. The summed E-state index contributed by atoms with van der Waals surface area (Å²) in [5, 5.41) is 9.04. The normalized spacial score (nSPS) is 9.83. The molecule has 0 heterocycles. The summed E-state index contributed by atoms with van der Waals surface area (Å²) in [5.41, 5.74) is 2.71. The summed E-state index contributed by atoms with van der Waals surface area (Å²) in [4.78, 5) is 0. The Kier molecular flexibility index (Phi) is 4.01. The first-order valence-corrected chi connectivity index (χ1v) is 6.36. The lowest BCUT2D eigenvalue weighted by molar-refractivity contribution is 0.305. The predicted octanol–water partition coefficient (Wildman–Crippen LogP) is 4.21. The summed E-state index contributed by atoms with van der Waals surface area (Å²) in [6, 6.07) is 15.7. The van der Waals surface area contributed by atoms with E-state index in [0.29, 0.717) is 17.9 Å². The van der Waals surface area contributed by atoms with Gasteiger partial charge in [0.15, 0.2) is 0 Å². The van der Waals surface area contributed by atoms with E-state index in [1.54, 1.807) is 0 Å². The van der Waals surface area contributed by atoms with Gasteiger partial charge in [0.25, 0.3) is 0 Å². The zero-order chi connectivity index (χ0) is 13.0. The van der Waals surface area contributed by atoms with Crippen LogP contribution in [-0.2, 0) is 6.61 Å². The van der Waals surface area contributed by atoms with Gasteiger partial charge in [-0.1, -0.05) is 34.1 Å². The zero-order valence-electron chi connectivity index (χ0n) is 9.98. The molecule has 0 aliphatic heterocycles. The van der Waals surface area contributed by atoms with Crippen molar-refractivity contribution in [3.8, 4) is 11.8 Å². The van der Waals surface area contributed by atoms with Crippen molar-refractivity contribution >= 4 is 15.9 Å². The minimum absolute atomic E-state index is 0.463. The maximum atomic E-state index is 9.04. The number of nitrogens with zero attached hydrogens (tertiary/aromatic N) is 1. The van der Waals surface area contributed by atoms with Gasteiger partial charge in [-0.15, -0.1) is 0 Å². The number of halogens is 1. The Morgan fingerprint density at radius 3 is 2.56 bits per heavy atom. The monoisotopic (exact) mass is 301 g/mol. The quantitative estimate of drug-likeness (QED) is 0.851. The first-order chi connectivity index (χ1) is 8.69. The van der Waals surface area contributed by atoms with Gasteiger partial charge in [-0.25, -0.2) is 0 Å². The molecule has 0 bridgehead atoms. The van der Waals surface area contributed by atoms with Crippen molar-refractivity contribution in [1.82, 2.24) is 0 Å². The fourth-order valence-corrected chi connectivity index (χ4v) is 1.86. The fourth-order valence-electron chi connectivity index (χ4n) is 1.60. The van der Waals surface area contributed by atoms with Gasteiger partial charge in [-0.2, -0.15) is 5.26 Å². The summed E-state index contributed by atoms with van der Waals surface area (Å²) in [6.45, 7) is 2.42. The van der Waals surface area contributed by atoms with Gasteiger partial charge in [0.05, 0.1) is 5.56 Å². The Labute approximate surface area is 115 Å². The number of aryl methyl sites for hydroxylation is 1. The largest absolute Gasteiger partial charge is 0.488 e. The molecule has 0 aliphatic rings. The number of benzene rings is 2. The van der Waals surface area contributed by atoms with E-state index >= 15 is 0 Å². The van der Waals surface area contributed by atoms with Gasteiger partial charge in [0.1, 0.15) is 18.4 Å². The molecule has 2 aromatic carbocycles. The molecule has 2 nitrogen and oxygen atoms in total. The van der Waals surface area contributed by atoms with E-state index in [4.69, 9.17) is 10.00 Å². The number of nitriles is 1. The van der Waals surface area contributed by atoms with Crippen LogP contribution in [-0.4, -0.2) is 0 Å². The predicted molar refractivity (Wildman–Crippen MR) is 74.4 cm³/mol. The van der Waals surface area contributed by atoms with Gasteiger partial charge >= 0.3 is 0 Å². The summed E-state index contributed by atoms with van der Waals surface area (Å²) in [5.74, 6) is 0.631. The van der Waals surface area contributed by atoms with E-state index in [9.17, 15) is 0 Å². The van der Waals surface area contributed by atoms with Crippen molar-refractivity contribution in [2.45, 2.75) is 13.5 Å². The van der Waals surface area contributed by atoms with Crippen LogP contribution in [0.4, 0.5) is 0 Å². The highest BCUT2D eigenvalue weighted by atomic mass is 79.9. The number of hydrogen-bond acceptors (Lipinski definition) is 2. The molecule has 2 aromatic rings. The fraction of sp³-hybridized carbons (Fsp3) is 0.133. The van der Waals surface area contributed by atoms with Crippen LogP contribution >= 0.6 is 15.9 Å². The Balaban J connectivity index is 2.11. The molecule has 0 saturated heterocycles. The smallest absolute Gasteiger partial charge is 0.137 e. The van der Waals surface area contributed by atoms with Crippen LogP contribution in [0, 0.1) is 18.3 Å². The van der Waals surface area contributed by atoms with E-state index in [1.807, 2.05) is 49.4 Å². The lowest BCUT2D eigenvalue weighted by atomic mass is 10.1. The molecule has 0 unspecified atom stereocenters. The third kappa shape index (κ3) is 3.12. The SMILES string of the molecule is Cc1ccc(OCc2ccc(Br)cc2)c(C#N)c1. The summed E-state index contributed by atoms with van der Waals surface area (Å²) in [7, 11) is 0. The Hall–Kier alpha value is -1.79. The topological polar surface area (TPSA) is 33.0 Å². The van der Waals surface area contributed by atoms with Crippen LogP contribution in [0.5, 0.6) is 5.75 Å². The van der Waals surface area contributed by atoms with Crippen LogP contribution in [0.15, 0.2) is 46.9 Å². The Morgan fingerprint density at radius 1 is 1.17 bits per heavy atom. The molecule has 0 radical (unpaired) electrons. The second-order valence-corrected chi connectivity index (χ2v) is 4.94. The van der Waals surface area contributed by atoms with Crippen molar-refractivity contribution in [2.75, 3.05) is 0 Å². The minimum Gasteiger partial charge on any atom is -0.488 e. The average Bonchev–Trinajstić information content (AvgIpc) is 2.39. The first kappa shape index (κ1) is 12.7. The van der Waals surface area contributed by atoms with Crippen LogP contribution in [0.3, 0.4) is 0 Å². The van der Waals surface area contributed by atoms with E-state index in [2.05, 4.69) is 22.0 Å². The standard InChI is InChI=1S/C15H12BrNO/c1-11-2-7-15(13(8-11)9-17)18-10-12-3-5-14(16)6-4-12/h2-8H,10H2,1H3. The molecule has 0 aliphatic carbocycles. The average molecular weight is 302 g/mol. The second kappa shape index (κ2) is 5.70. The molecule has 90 valence electrons. The zero-order valence-corrected chi connectivity index (χ0v) is 11.6.